The van der Waals surface area contributed by atoms with Crippen molar-refractivity contribution in [2.75, 3.05) is 19.0 Å². The van der Waals surface area contributed by atoms with E-state index in [1.54, 1.807) is 0 Å². The molecule has 2 heteroatoms. The average Bonchev–Trinajstić information content (AvgIpc) is 2.40. The van der Waals surface area contributed by atoms with Crippen LogP contribution in [0.5, 0.6) is 0 Å². The van der Waals surface area contributed by atoms with E-state index in [-0.39, 0.29) is 0 Å². The van der Waals surface area contributed by atoms with Gasteiger partial charge in [-0.2, -0.15) is 0 Å². The van der Waals surface area contributed by atoms with E-state index >= 15 is 0 Å². The largest absolute Gasteiger partial charge is 0.388 e. The van der Waals surface area contributed by atoms with Crippen molar-refractivity contribution in [3.05, 3.63) is 65.7 Å². The summed E-state index contributed by atoms with van der Waals surface area (Å²) >= 11 is 0. The molecule has 0 aliphatic carbocycles. The Bertz CT molecular complexity index is 493. The number of hydrogen-bond donors (Lipinski definition) is 1. The van der Waals surface area contributed by atoms with Crippen molar-refractivity contribution >= 4 is 5.69 Å². The average molecular weight is 241 g/mol. The smallest absolute Gasteiger partial charge is 0.0831 e. The van der Waals surface area contributed by atoms with Crippen molar-refractivity contribution < 1.29 is 5.11 Å². The third-order valence-corrected chi connectivity index (χ3v) is 3.07. The molecule has 94 valence electrons. The van der Waals surface area contributed by atoms with Crippen molar-refractivity contribution in [2.24, 2.45) is 0 Å². The zero-order valence-electron chi connectivity index (χ0n) is 10.9. The quantitative estimate of drug-likeness (QED) is 0.889. The van der Waals surface area contributed by atoms with Crippen LogP contribution in [0, 0.1) is 0 Å². The second-order valence-corrected chi connectivity index (χ2v) is 4.65. The number of benzene rings is 2. The van der Waals surface area contributed by atoms with Crippen LogP contribution >= 0.6 is 0 Å². The summed E-state index contributed by atoms with van der Waals surface area (Å²) in [5.74, 6) is 0. The Labute approximate surface area is 109 Å². The SMILES string of the molecule is CN(C)c1ccccc1CC(O)c1ccccc1. The van der Waals surface area contributed by atoms with Gasteiger partial charge in [0.1, 0.15) is 0 Å². The van der Waals surface area contributed by atoms with Crippen LogP contribution in [0.25, 0.3) is 0 Å². The molecule has 0 saturated heterocycles. The van der Waals surface area contributed by atoms with Crippen molar-refractivity contribution in [1.82, 2.24) is 0 Å². The number of anilines is 1. The fourth-order valence-corrected chi connectivity index (χ4v) is 2.12. The monoisotopic (exact) mass is 241 g/mol. The summed E-state index contributed by atoms with van der Waals surface area (Å²) in [7, 11) is 4.04. The molecule has 0 spiro atoms. The van der Waals surface area contributed by atoms with E-state index in [1.807, 2.05) is 56.6 Å². The Morgan fingerprint density at radius 1 is 0.944 bits per heavy atom. The molecular weight excluding hydrogens is 222 g/mol. The number of aliphatic hydroxyl groups is 1. The van der Waals surface area contributed by atoms with E-state index in [2.05, 4.69) is 17.0 Å². The Kier molecular flexibility index (Phi) is 4.00. The van der Waals surface area contributed by atoms with E-state index in [4.69, 9.17) is 0 Å². The molecule has 1 unspecified atom stereocenters. The van der Waals surface area contributed by atoms with Crippen LogP contribution in [0.15, 0.2) is 54.6 Å². The second kappa shape index (κ2) is 5.69. The predicted octanol–water partition coefficient (Wildman–Crippen LogP) is 3.03. The van der Waals surface area contributed by atoms with Gasteiger partial charge >= 0.3 is 0 Å². The molecule has 1 atom stereocenters. The second-order valence-electron chi connectivity index (χ2n) is 4.65. The van der Waals surface area contributed by atoms with Crippen molar-refractivity contribution in [3.8, 4) is 0 Å². The Morgan fingerprint density at radius 2 is 1.56 bits per heavy atom. The minimum Gasteiger partial charge on any atom is -0.388 e. The number of aliphatic hydroxyl groups excluding tert-OH is 1. The van der Waals surface area contributed by atoms with Gasteiger partial charge in [0.05, 0.1) is 6.10 Å². The van der Waals surface area contributed by atoms with Crippen LogP contribution in [0.2, 0.25) is 0 Å². The fraction of sp³-hybridized carbons (Fsp3) is 0.250. The zero-order valence-corrected chi connectivity index (χ0v) is 10.9. The molecule has 2 aromatic rings. The minimum absolute atomic E-state index is 0.452. The molecule has 0 aliphatic heterocycles. The van der Waals surface area contributed by atoms with Crippen molar-refractivity contribution in [3.63, 3.8) is 0 Å². The first-order chi connectivity index (χ1) is 8.68. The van der Waals surface area contributed by atoms with E-state index in [9.17, 15) is 5.11 Å². The first-order valence-corrected chi connectivity index (χ1v) is 6.16. The van der Waals surface area contributed by atoms with Gasteiger partial charge in [-0.3, -0.25) is 0 Å². The number of hydrogen-bond acceptors (Lipinski definition) is 2. The third-order valence-electron chi connectivity index (χ3n) is 3.07. The van der Waals surface area contributed by atoms with Gasteiger partial charge in [0, 0.05) is 26.2 Å². The number of rotatable bonds is 4. The summed E-state index contributed by atoms with van der Waals surface area (Å²) in [5, 5.41) is 10.3. The van der Waals surface area contributed by atoms with Crippen molar-refractivity contribution in [2.45, 2.75) is 12.5 Å². The van der Waals surface area contributed by atoms with Gasteiger partial charge in [0.15, 0.2) is 0 Å². The summed E-state index contributed by atoms with van der Waals surface area (Å²) < 4.78 is 0. The van der Waals surface area contributed by atoms with Gasteiger partial charge in [-0.05, 0) is 17.2 Å². The maximum atomic E-state index is 10.3. The molecule has 0 saturated carbocycles. The molecule has 2 rings (SSSR count). The molecule has 2 nitrogen and oxygen atoms in total. The summed E-state index contributed by atoms with van der Waals surface area (Å²) in [4.78, 5) is 2.08. The van der Waals surface area contributed by atoms with Gasteiger partial charge < -0.3 is 10.0 Å². The van der Waals surface area contributed by atoms with Gasteiger partial charge in [-0.15, -0.1) is 0 Å². The maximum absolute atomic E-state index is 10.3. The first-order valence-electron chi connectivity index (χ1n) is 6.16. The summed E-state index contributed by atoms with van der Waals surface area (Å²) in [6, 6.07) is 18.0. The number of nitrogens with zero attached hydrogens (tertiary/aromatic N) is 1. The lowest BCUT2D eigenvalue weighted by atomic mass is 10.00. The lowest BCUT2D eigenvalue weighted by molar-refractivity contribution is 0.178. The summed E-state index contributed by atoms with van der Waals surface area (Å²) in [5.41, 5.74) is 3.29. The highest BCUT2D eigenvalue weighted by Gasteiger charge is 2.11. The lowest BCUT2D eigenvalue weighted by Crippen LogP contribution is -2.12. The third kappa shape index (κ3) is 2.90. The van der Waals surface area contributed by atoms with Crippen LogP contribution in [-0.2, 0) is 6.42 Å². The maximum Gasteiger partial charge on any atom is 0.0831 e. The van der Waals surface area contributed by atoms with Crippen LogP contribution in [-0.4, -0.2) is 19.2 Å². The standard InChI is InChI=1S/C16H19NO/c1-17(2)15-11-7-6-10-14(15)12-16(18)13-8-4-3-5-9-13/h3-11,16,18H,12H2,1-2H3. The molecule has 2 aromatic carbocycles. The summed E-state index contributed by atoms with van der Waals surface area (Å²) in [6.45, 7) is 0. The van der Waals surface area contributed by atoms with Crippen molar-refractivity contribution in [1.29, 1.82) is 0 Å². The van der Waals surface area contributed by atoms with E-state index in [1.165, 1.54) is 5.56 Å². The van der Waals surface area contributed by atoms with Gasteiger partial charge in [-0.1, -0.05) is 48.5 Å². The van der Waals surface area contributed by atoms with Crippen LogP contribution in [0.4, 0.5) is 5.69 Å². The predicted molar refractivity (Wildman–Crippen MR) is 75.9 cm³/mol. The molecule has 0 heterocycles. The van der Waals surface area contributed by atoms with E-state index in [0.717, 1.165) is 11.3 Å². The van der Waals surface area contributed by atoms with Gasteiger partial charge in [0.25, 0.3) is 0 Å². The molecule has 0 aromatic heterocycles. The number of para-hydroxylation sites is 1. The molecule has 0 fully saturated rings. The molecule has 18 heavy (non-hydrogen) atoms. The van der Waals surface area contributed by atoms with Gasteiger partial charge in [0.2, 0.25) is 0 Å². The normalized spacial score (nSPS) is 12.2. The van der Waals surface area contributed by atoms with E-state index < -0.39 is 6.10 Å². The highest BCUT2D eigenvalue weighted by Crippen LogP contribution is 2.24. The lowest BCUT2D eigenvalue weighted by Gasteiger charge is -2.19. The van der Waals surface area contributed by atoms with E-state index in [0.29, 0.717) is 6.42 Å². The molecular formula is C16H19NO. The van der Waals surface area contributed by atoms with Gasteiger partial charge in [-0.25, -0.2) is 0 Å². The highest BCUT2D eigenvalue weighted by atomic mass is 16.3. The van der Waals surface area contributed by atoms with Crippen LogP contribution < -0.4 is 4.90 Å². The highest BCUT2D eigenvalue weighted by molar-refractivity contribution is 5.52. The Morgan fingerprint density at radius 3 is 2.22 bits per heavy atom. The molecule has 0 bridgehead atoms. The first kappa shape index (κ1) is 12.7. The molecule has 1 N–H and O–H groups in total. The minimum atomic E-state index is -0.452. The molecule has 0 aliphatic rings. The topological polar surface area (TPSA) is 23.5 Å². The van der Waals surface area contributed by atoms with Crippen LogP contribution in [0.1, 0.15) is 17.2 Å². The fourth-order valence-electron chi connectivity index (χ4n) is 2.12. The zero-order chi connectivity index (χ0) is 13.0. The Hall–Kier alpha value is -1.80. The summed E-state index contributed by atoms with van der Waals surface area (Å²) in [6.07, 6.45) is 0.186. The molecule has 0 radical (unpaired) electrons. The Balaban J connectivity index is 2.19. The molecule has 0 amide bonds. The van der Waals surface area contributed by atoms with Crippen LogP contribution in [0.3, 0.4) is 0 Å².